The number of aromatic nitrogens is 1. The number of Topliss-reactive ketones (excluding diaryl/α,β-unsaturated/α-hetero) is 1. The van der Waals surface area contributed by atoms with Gasteiger partial charge in [0.05, 0.1) is 0 Å². The number of fused-ring (bicyclic) bond motifs is 1. The first kappa shape index (κ1) is 16.8. The predicted octanol–water partition coefficient (Wildman–Crippen LogP) is 3.76. The van der Waals surface area contributed by atoms with Crippen LogP contribution in [-0.4, -0.2) is 30.0 Å². The number of nitrogens with one attached hydrogen (secondary N) is 1. The lowest BCUT2D eigenvalue weighted by Crippen LogP contribution is -2.21. The van der Waals surface area contributed by atoms with Gasteiger partial charge in [-0.3, -0.25) is 4.79 Å². The second kappa shape index (κ2) is 8.15. The van der Waals surface area contributed by atoms with E-state index in [0.29, 0.717) is 13.0 Å². The second-order valence-electron chi connectivity index (χ2n) is 6.27. The van der Waals surface area contributed by atoms with Crippen LogP contribution >= 0.6 is 0 Å². The Hall–Kier alpha value is -2.07. The maximum absolute atomic E-state index is 12.0. The summed E-state index contributed by atoms with van der Waals surface area (Å²) >= 11 is 0. The van der Waals surface area contributed by atoms with Gasteiger partial charge in [-0.2, -0.15) is 0 Å². The number of ether oxygens (including phenoxy) is 1. The Morgan fingerprint density at radius 1 is 1.12 bits per heavy atom. The lowest BCUT2D eigenvalue weighted by atomic mass is 9.97. The molecule has 0 saturated carbocycles. The second-order valence-corrected chi connectivity index (χ2v) is 6.27. The van der Waals surface area contributed by atoms with Crippen molar-refractivity contribution in [1.82, 2.24) is 9.88 Å². The SMILES string of the molecule is CCCCNCCOc1ccc(-n2ccc3c2CCCC3=O)cc1. The van der Waals surface area contributed by atoms with Crippen LogP contribution in [-0.2, 0) is 6.42 Å². The minimum atomic E-state index is 0.269. The number of nitrogens with zero attached hydrogens (tertiary/aromatic N) is 1. The summed E-state index contributed by atoms with van der Waals surface area (Å²) in [7, 11) is 0. The summed E-state index contributed by atoms with van der Waals surface area (Å²) in [5.74, 6) is 1.15. The number of unbranched alkanes of at least 4 members (excludes halogenated alkanes) is 1. The number of hydrogen-bond donors (Lipinski definition) is 1. The van der Waals surface area contributed by atoms with Crippen molar-refractivity contribution in [2.24, 2.45) is 0 Å². The Labute approximate surface area is 143 Å². The van der Waals surface area contributed by atoms with Gasteiger partial charge in [0.15, 0.2) is 5.78 Å². The molecule has 1 aliphatic carbocycles. The minimum absolute atomic E-state index is 0.269. The van der Waals surface area contributed by atoms with E-state index >= 15 is 0 Å². The lowest BCUT2D eigenvalue weighted by Gasteiger charge is -2.15. The van der Waals surface area contributed by atoms with Crippen molar-refractivity contribution < 1.29 is 9.53 Å². The van der Waals surface area contributed by atoms with Crippen LogP contribution in [0, 0.1) is 0 Å². The molecule has 128 valence electrons. The minimum Gasteiger partial charge on any atom is -0.492 e. The largest absolute Gasteiger partial charge is 0.492 e. The third-order valence-electron chi connectivity index (χ3n) is 4.48. The molecule has 0 unspecified atom stereocenters. The highest BCUT2D eigenvalue weighted by Crippen LogP contribution is 2.26. The molecule has 0 bridgehead atoms. The number of ketones is 1. The summed E-state index contributed by atoms with van der Waals surface area (Å²) in [6, 6.07) is 10.1. The van der Waals surface area contributed by atoms with Crippen LogP contribution < -0.4 is 10.1 Å². The van der Waals surface area contributed by atoms with E-state index in [1.807, 2.05) is 24.4 Å². The molecule has 0 spiro atoms. The molecule has 3 rings (SSSR count). The van der Waals surface area contributed by atoms with E-state index in [1.165, 1.54) is 12.8 Å². The van der Waals surface area contributed by atoms with Crippen LogP contribution in [0.25, 0.3) is 5.69 Å². The number of carbonyl (C=O) groups is 1. The van der Waals surface area contributed by atoms with Crippen molar-refractivity contribution in [3.8, 4) is 11.4 Å². The molecule has 0 fully saturated rings. The van der Waals surface area contributed by atoms with Crippen LogP contribution in [0.4, 0.5) is 0 Å². The smallest absolute Gasteiger partial charge is 0.164 e. The zero-order chi connectivity index (χ0) is 16.8. The molecule has 0 amide bonds. The summed E-state index contributed by atoms with van der Waals surface area (Å²) in [6.07, 6.45) is 7.01. The summed E-state index contributed by atoms with van der Waals surface area (Å²) in [6.45, 7) is 4.79. The molecule has 0 radical (unpaired) electrons. The Kier molecular flexibility index (Phi) is 5.70. The van der Waals surface area contributed by atoms with Gasteiger partial charge in [0.2, 0.25) is 0 Å². The van der Waals surface area contributed by atoms with Crippen LogP contribution in [0.1, 0.15) is 48.7 Å². The van der Waals surface area contributed by atoms with Crippen LogP contribution in [0.15, 0.2) is 36.5 Å². The van der Waals surface area contributed by atoms with E-state index in [0.717, 1.165) is 48.6 Å². The van der Waals surface area contributed by atoms with E-state index in [9.17, 15) is 4.79 Å². The van der Waals surface area contributed by atoms with Crippen LogP contribution in [0.3, 0.4) is 0 Å². The molecule has 0 aliphatic heterocycles. The topological polar surface area (TPSA) is 43.3 Å². The van der Waals surface area contributed by atoms with E-state index in [1.54, 1.807) is 0 Å². The number of benzene rings is 1. The highest BCUT2D eigenvalue weighted by atomic mass is 16.5. The van der Waals surface area contributed by atoms with E-state index in [4.69, 9.17) is 4.74 Å². The summed E-state index contributed by atoms with van der Waals surface area (Å²) in [5.41, 5.74) is 3.11. The summed E-state index contributed by atoms with van der Waals surface area (Å²) < 4.78 is 7.89. The molecule has 4 heteroatoms. The molecule has 1 aromatic heterocycles. The Morgan fingerprint density at radius 2 is 1.96 bits per heavy atom. The molecule has 1 heterocycles. The monoisotopic (exact) mass is 326 g/mol. The highest BCUT2D eigenvalue weighted by molar-refractivity contribution is 5.98. The first-order chi connectivity index (χ1) is 11.8. The third-order valence-corrected chi connectivity index (χ3v) is 4.48. The zero-order valence-corrected chi connectivity index (χ0v) is 14.4. The molecule has 0 saturated heterocycles. The van der Waals surface area contributed by atoms with Gasteiger partial charge in [-0.15, -0.1) is 0 Å². The van der Waals surface area contributed by atoms with Crippen molar-refractivity contribution in [3.63, 3.8) is 0 Å². The maximum Gasteiger partial charge on any atom is 0.164 e. The van der Waals surface area contributed by atoms with Crippen molar-refractivity contribution in [2.75, 3.05) is 19.7 Å². The molecule has 24 heavy (non-hydrogen) atoms. The van der Waals surface area contributed by atoms with Gasteiger partial charge in [0.25, 0.3) is 0 Å². The van der Waals surface area contributed by atoms with E-state index in [2.05, 4.69) is 28.9 Å². The van der Waals surface area contributed by atoms with Gasteiger partial charge >= 0.3 is 0 Å². The zero-order valence-electron chi connectivity index (χ0n) is 14.4. The Bertz CT molecular complexity index is 673. The number of hydrogen-bond acceptors (Lipinski definition) is 3. The molecule has 1 aliphatic rings. The van der Waals surface area contributed by atoms with Crippen molar-refractivity contribution in [3.05, 3.63) is 47.8 Å². The maximum atomic E-state index is 12.0. The van der Waals surface area contributed by atoms with Gasteiger partial charge in [-0.1, -0.05) is 13.3 Å². The van der Waals surface area contributed by atoms with E-state index in [-0.39, 0.29) is 5.78 Å². The van der Waals surface area contributed by atoms with Crippen molar-refractivity contribution >= 4 is 5.78 Å². The molecule has 1 N–H and O–H groups in total. The summed E-state index contributed by atoms with van der Waals surface area (Å²) in [5, 5.41) is 3.37. The van der Waals surface area contributed by atoms with Gasteiger partial charge < -0.3 is 14.6 Å². The van der Waals surface area contributed by atoms with E-state index < -0.39 is 0 Å². The molecule has 4 nitrogen and oxygen atoms in total. The molecule has 0 atom stereocenters. The van der Waals surface area contributed by atoms with Gasteiger partial charge in [0.1, 0.15) is 12.4 Å². The Morgan fingerprint density at radius 3 is 2.75 bits per heavy atom. The van der Waals surface area contributed by atoms with Crippen LogP contribution in [0.2, 0.25) is 0 Å². The summed E-state index contributed by atoms with van der Waals surface area (Å²) in [4.78, 5) is 12.0. The predicted molar refractivity (Wildman–Crippen MR) is 96.3 cm³/mol. The average molecular weight is 326 g/mol. The fourth-order valence-corrected chi connectivity index (χ4v) is 3.14. The van der Waals surface area contributed by atoms with Crippen LogP contribution in [0.5, 0.6) is 5.75 Å². The first-order valence-corrected chi connectivity index (χ1v) is 8.97. The van der Waals surface area contributed by atoms with Crippen molar-refractivity contribution in [2.45, 2.75) is 39.0 Å². The normalized spacial score (nSPS) is 13.8. The first-order valence-electron chi connectivity index (χ1n) is 8.97. The highest BCUT2D eigenvalue weighted by Gasteiger charge is 2.20. The number of rotatable bonds is 8. The average Bonchev–Trinajstić information content (AvgIpc) is 3.04. The lowest BCUT2D eigenvalue weighted by molar-refractivity contribution is 0.0972. The standard InChI is InChI=1S/C20H26N2O2/c1-2-3-12-21-13-15-24-17-9-7-16(8-10-17)22-14-11-18-19(22)5-4-6-20(18)23/h7-11,14,21H,2-6,12-13,15H2,1H3. The fourth-order valence-electron chi connectivity index (χ4n) is 3.14. The van der Waals surface area contributed by atoms with Crippen molar-refractivity contribution in [1.29, 1.82) is 0 Å². The number of carbonyl (C=O) groups excluding carboxylic acids is 1. The fraction of sp³-hybridized carbons (Fsp3) is 0.450. The molecule has 2 aromatic rings. The third kappa shape index (κ3) is 3.88. The quantitative estimate of drug-likeness (QED) is 0.751. The molecular formula is C20H26N2O2. The molecule has 1 aromatic carbocycles. The molecular weight excluding hydrogens is 300 g/mol. The van der Waals surface area contributed by atoms with Gasteiger partial charge in [-0.05, 0) is 56.1 Å². The Balaban J connectivity index is 1.58. The van der Waals surface area contributed by atoms with Gasteiger partial charge in [-0.25, -0.2) is 0 Å². The van der Waals surface area contributed by atoms with Gasteiger partial charge in [0, 0.05) is 36.1 Å².